The third kappa shape index (κ3) is 1.96. The maximum Gasteiger partial charge on any atom is 0.107 e. The number of fused-ring (bicyclic) bond motifs is 1. The number of rotatable bonds is 2. The highest BCUT2D eigenvalue weighted by molar-refractivity contribution is 9.10. The van der Waals surface area contributed by atoms with Crippen molar-refractivity contribution in [3.63, 3.8) is 0 Å². The summed E-state index contributed by atoms with van der Waals surface area (Å²) in [5.74, 6) is 0. The predicted molar refractivity (Wildman–Crippen MR) is 77.8 cm³/mol. The van der Waals surface area contributed by atoms with Crippen LogP contribution in [0.15, 0.2) is 51.8 Å². The van der Waals surface area contributed by atoms with Crippen molar-refractivity contribution in [3.05, 3.63) is 62.9 Å². The molecule has 1 aromatic carbocycles. The molecule has 1 unspecified atom stereocenters. The first-order valence-electron chi connectivity index (χ1n) is 5.50. The van der Waals surface area contributed by atoms with Gasteiger partial charge in [-0.3, -0.25) is 4.98 Å². The van der Waals surface area contributed by atoms with Gasteiger partial charge < -0.3 is 5.11 Å². The SMILES string of the molecule is OC(c1ccsc1)c1ccc(Br)c2cccnc12. The summed E-state index contributed by atoms with van der Waals surface area (Å²) >= 11 is 5.09. The summed E-state index contributed by atoms with van der Waals surface area (Å²) in [6, 6.07) is 9.70. The van der Waals surface area contributed by atoms with E-state index in [1.54, 1.807) is 17.5 Å². The van der Waals surface area contributed by atoms with Gasteiger partial charge in [0.2, 0.25) is 0 Å². The average Bonchev–Trinajstić information content (AvgIpc) is 2.93. The minimum Gasteiger partial charge on any atom is -0.384 e. The zero-order chi connectivity index (χ0) is 12.5. The van der Waals surface area contributed by atoms with Crippen molar-refractivity contribution >= 4 is 38.2 Å². The number of aliphatic hydroxyl groups excluding tert-OH is 1. The summed E-state index contributed by atoms with van der Waals surface area (Å²) in [6.45, 7) is 0. The second kappa shape index (κ2) is 4.80. The van der Waals surface area contributed by atoms with E-state index in [1.165, 1.54) is 0 Å². The van der Waals surface area contributed by atoms with Crippen molar-refractivity contribution in [3.8, 4) is 0 Å². The Labute approximate surface area is 117 Å². The van der Waals surface area contributed by atoms with Crippen molar-refractivity contribution in [1.82, 2.24) is 4.98 Å². The lowest BCUT2D eigenvalue weighted by atomic mass is 10.0. The number of hydrogen-bond donors (Lipinski definition) is 1. The number of thiophene rings is 1. The van der Waals surface area contributed by atoms with Crippen molar-refractivity contribution in [2.24, 2.45) is 0 Å². The molecule has 3 aromatic rings. The quantitative estimate of drug-likeness (QED) is 0.770. The molecule has 0 saturated carbocycles. The predicted octanol–water partition coefficient (Wildman–Crippen LogP) is 4.14. The third-order valence-electron chi connectivity index (χ3n) is 2.90. The average molecular weight is 320 g/mol. The lowest BCUT2D eigenvalue weighted by Crippen LogP contribution is -2.00. The third-order valence-corrected chi connectivity index (χ3v) is 4.29. The van der Waals surface area contributed by atoms with Gasteiger partial charge in [0, 0.05) is 21.6 Å². The lowest BCUT2D eigenvalue weighted by molar-refractivity contribution is 0.222. The highest BCUT2D eigenvalue weighted by Gasteiger charge is 2.15. The Hall–Kier alpha value is -1.23. The van der Waals surface area contributed by atoms with Crippen LogP contribution in [0.25, 0.3) is 10.9 Å². The lowest BCUT2D eigenvalue weighted by Gasteiger charge is -2.12. The number of aromatic nitrogens is 1. The van der Waals surface area contributed by atoms with Crippen LogP contribution in [0.4, 0.5) is 0 Å². The van der Waals surface area contributed by atoms with Gasteiger partial charge in [-0.25, -0.2) is 0 Å². The maximum absolute atomic E-state index is 10.4. The summed E-state index contributed by atoms with van der Waals surface area (Å²) < 4.78 is 0.992. The molecule has 1 atom stereocenters. The van der Waals surface area contributed by atoms with Crippen LogP contribution < -0.4 is 0 Å². The molecular formula is C14H10BrNOS. The first-order valence-corrected chi connectivity index (χ1v) is 7.24. The van der Waals surface area contributed by atoms with Gasteiger partial charge in [-0.1, -0.05) is 28.1 Å². The minimum atomic E-state index is -0.623. The van der Waals surface area contributed by atoms with Crippen LogP contribution in [0.3, 0.4) is 0 Å². The molecule has 0 spiro atoms. The number of pyridine rings is 1. The molecule has 4 heteroatoms. The van der Waals surface area contributed by atoms with E-state index in [-0.39, 0.29) is 0 Å². The Bertz CT molecular complexity index is 681. The molecule has 0 saturated heterocycles. The summed E-state index contributed by atoms with van der Waals surface area (Å²) in [6.07, 6.45) is 1.13. The van der Waals surface area contributed by atoms with E-state index in [0.29, 0.717) is 0 Å². The Morgan fingerprint density at radius 3 is 2.89 bits per heavy atom. The van der Waals surface area contributed by atoms with Gasteiger partial charge in [0.25, 0.3) is 0 Å². The van der Waals surface area contributed by atoms with Gasteiger partial charge in [-0.05, 0) is 34.5 Å². The molecule has 0 amide bonds. The van der Waals surface area contributed by atoms with E-state index in [4.69, 9.17) is 0 Å². The zero-order valence-corrected chi connectivity index (χ0v) is 11.8. The Morgan fingerprint density at radius 2 is 2.11 bits per heavy atom. The number of nitrogens with zero attached hydrogens (tertiary/aromatic N) is 1. The molecular weight excluding hydrogens is 310 g/mol. The number of aliphatic hydroxyl groups is 1. The van der Waals surface area contributed by atoms with Gasteiger partial charge >= 0.3 is 0 Å². The molecule has 2 heterocycles. The van der Waals surface area contributed by atoms with E-state index in [2.05, 4.69) is 20.9 Å². The minimum absolute atomic E-state index is 0.623. The van der Waals surface area contributed by atoms with Crippen LogP contribution in [0, 0.1) is 0 Å². The molecule has 2 nitrogen and oxygen atoms in total. The van der Waals surface area contributed by atoms with Crippen molar-refractivity contribution in [2.45, 2.75) is 6.10 Å². The van der Waals surface area contributed by atoms with Crippen LogP contribution in [0.5, 0.6) is 0 Å². The van der Waals surface area contributed by atoms with Crippen LogP contribution in [-0.4, -0.2) is 10.1 Å². The van der Waals surface area contributed by atoms with E-state index >= 15 is 0 Å². The molecule has 0 bridgehead atoms. The number of hydrogen-bond acceptors (Lipinski definition) is 3. The normalized spacial score (nSPS) is 12.8. The van der Waals surface area contributed by atoms with E-state index in [0.717, 1.165) is 26.5 Å². The highest BCUT2D eigenvalue weighted by Crippen LogP contribution is 2.32. The molecule has 0 fully saturated rings. The maximum atomic E-state index is 10.4. The van der Waals surface area contributed by atoms with Gasteiger partial charge in [-0.2, -0.15) is 11.3 Å². The summed E-state index contributed by atoms with van der Waals surface area (Å²) in [4.78, 5) is 4.39. The largest absolute Gasteiger partial charge is 0.384 e. The number of halogens is 1. The zero-order valence-electron chi connectivity index (χ0n) is 9.38. The molecule has 0 radical (unpaired) electrons. The van der Waals surface area contributed by atoms with E-state index in [9.17, 15) is 5.11 Å². The summed E-state index contributed by atoms with van der Waals surface area (Å²) in [5.41, 5.74) is 2.59. The van der Waals surface area contributed by atoms with Crippen LogP contribution in [-0.2, 0) is 0 Å². The summed E-state index contributed by atoms with van der Waals surface area (Å²) in [7, 11) is 0. The molecule has 90 valence electrons. The van der Waals surface area contributed by atoms with Gasteiger partial charge in [0.15, 0.2) is 0 Å². The monoisotopic (exact) mass is 319 g/mol. The molecule has 0 aliphatic rings. The van der Waals surface area contributed by atoms with E-state index in [1.807, 2.05) is 41.1 Å². The standard InChI is InChI=1S/C14H10BrNOS/c15-12-4-3-11(13-10(12)2-1-6-16-13)14(17)9-5-7-18-8-9/h1-8,14,17H. The fraction of sp³-hybridized carbons (Fsp3) is 0.0714. The first kappa shape index (κ1) is 11.8. The van der Waals surface area contributed by atoms with Gasteiger partial charge in [0.05, 0.1) is 5.52 Å². The Kier molecular flexibility index (Phi) is 3.16. The topological polar surface area (TPSA) is 33.1 Å². The Balaban J connectivity index is 2.21. The number of benzene rings is 1. The van der Waals surface area contributed by atoms with Crippen molar-refractivity contribution in [2.75, 3.05) is 0 Å². The van der Waals surface area contributed by atoms with Gasteiger partial charge in [-0.15, -0.1) is 0 Å². The first-order chi connectivity index (χ1) is 8.77. The summed E-state index contributed by atoms with van der Waals surface area (Å²) in [5, 5.41) is 15.4. The molecule has 3 rings (SSSR count). The molecule has 1 N–H and O–H groups in total. The van der Waals surface area contributed by atoms with Crippen LogP contribution in [0.2, 0.25) is 0 Å². The second-order valence-corrected chi connectivity index (χ2v) is 5.63. The van der Waals surface area contributed by atoms with Crippen molar-refractivity contribution < 1.29 is 5.11 Å². The fourth-order valence-electron chi connectivity index (χ4n) is 1.99. The molecule has 0 aliphatic heterocycles. The smallest absolute Gasteiger partial charge is 0.107 e. The van der Waals surface area contributed by atoms with Gasteiger partial charge in [0.1, 0.15) is 6.10 Å². The highest BCUT2D eigenvalue weighted by atomic mass is 79.9. The van der Waals surface area contributed by atoms with Crippen molar-refractivity contribution in [1.29, 1.82) is 0 Å². The Morgan fingerprint density at radius 1 is 1.22 bits per heavy atom. The fourth-order valence-corrected chi connectivity index (χ4v) is 3.12. The second-order valence-electron chi connectivity index (χ2n) is 4.00. The van der Waals surface area contributed by atoms with Crippen LogP contribution >= 0.6 is 27.3 Å². The van der Waals surface area contributed by atoms with Crippen LogP contribution in [0.1, 0.15) is 17.2 Å². The molecule has 0 aliphatic carbocycles. The molecule has 18 heavy (non-hydrogen) atoms. The molecule has 2 aromatic heterocycles. The van der Waals surface area contributed by atoms with E-state index < -0.39 is 6.10 Å².